The van der Waals surface area contributed by atoms with E-state index in [1.165, 1.54) is 4.90 Å². The van der Waals surface area contributed by atoms with Gasteiger partial charge in [0.05, 0.1) is 13.2 Å². The number of alkyl halides is 1. The van der Waals surface area contributed by atoms with E-state index < -0.39 is 0 Å². The van der Waals surface area contributed by atoms with E-state index in [0.717, 1.165) is 16.8 Å². The van der Waals surface area contributed by atoms with E-state index >= 15 is 0 Å². The molecule has 0 aliphatic rings. The molecule has 1 aromatic carbocycles. The Morgan fingerprint density at radius 2 is 2.07 bits per heavy atom. The Kier molecular flexibility index (Phi) is 6.69. The summed E-state index contributed by atoms with van der Waals surface area (Å²) in [5, 5.41) is 0. The van der Waals surface area contributed by atoms with Gasteiger partial charge >= 0.3 is 0 Å². The van der Waals surface area contributed by atoms with Crippen LogP contribution >= 0.6 is 39.3 Å². The molecule has 1 nitrogen and oxygen atoms in total. The summed E-state index contributed by atoms with van der Waals surface area (Å²) in [5.41, 5.74) is 0. The predicted octanol–water partition coefficient (Wildman–Crippen LogP) is 3.80. The molecule has 0 atom stereocenters. The molecule has 0 fully saturated rings. The summed E-state index contributed by atoms with van der Waals surface area (Å²) in [6.07, 6.45) is 0. The molecule has 0 aliphatic heterocycles. The minimum absolute atomic E-state index is 0.569. The van der Waals surface area contributed by atoms with Gasteiger partial charge in [0.2, 0.25) is 0 Å². The molecular formula is C10H12BrClOS. The van der Waals surface area contributed by atoms with Gasteiger partial charge in [0.25, 0.3) is 0 Å². The van der Waals surface area contributed by atoms with Crippen LogP contribution in [0.15, 0.2) is 33.6 Å². The Labute approximate surface area is 102 Å². The molecule has 0 amide bonds. The van der Waals surface area contributed by atoms with Gasteiger partial charge in [-0.2, -0.15) is 0 Å². The second kappa shape index (κ2) is 7.57. The van der Waals surface area contributed by atoms with Crippen LogP contribution in [0, 0.1) is 0 Å². The molecule has 0 saturated heterocycles. The molecule has 0 saturated carbocycles. The van der Waals surface area contributed by atoms with Crippen LogP contribution in [0.1, 0.15) is 0 Å². The standard InChI is InChI=1S/C10H12BrClOS/c11-9-3-1-2-4-10(9)14-8-7-13-6-5-12/h1-4H,5-8H2. The third-order valence-electron chi connectivity index (χ3n) is 1.54. The van der Waals surface area contributed by atoms with Crippen molar-refractivity contribution in [1.29, 1.82) is 0 Å². The van der Waals surface area contributed by atoms with E-state index in [-0.39, 0.29) is 0 Å². The van der Waals surface area contributed by atoms with Crippen molar-refractivity contribution < 1.29 is 4.74 Å². The first-order chi connectivity index (χ1) is 6.84. The smallest absolute Gasteiger partial charge is 0.0602 e. The van der Waals surface area contributed by atoms with E-state index in [2.05, 4.69) is 22.0 Å². The monoisotopic (exact) mass is 294 g/mol. The molecule has 4 heteroatoms. The quantitative estimate of drug-likeness (QED) is 0.448. The topological polar surface area (TPSA) is 9.23 Å². The zero-order valence-electron chi connectivity index (χ0n) is 7.71. The lowest BCUT2D eigenvalue weighted by Crippen LogP contribution is -1.99. The van der Waals surface area contributed by atoms with Gasteiger partial charge in [-0.3, -0.25) is 0 Å². The number of benzene rings is 1. The van der Waals surface area contributed by atoms with Crippen LogP contribution in [0.2, 0.25) is 0 Å². The van der Waals surface area contributed by atoms with Crippen molar-refractivity contribution in [1.82, 2.24) is 0 Å². The zero-order valence-corrected chi connectivity index (χ0v) is 10.9. The van der Waals surface area contributed by atoms with E-state index in [4.69, 9.17) is 16.3 Å². The molecule has 0 heterocycles. The van der Waals surface area contributed by atoms with Gasteiger partial charge in [-0.1, -0.05) is 12.1 Å². The van der Waals surface area contributed by atoms with E-state index in [1.807, 2.05) is 18.2 Å². The van der Waals surface area contributed by atoms with Crippen LogP contribution in [0.5, 0.6) is 0 Å². The Balaban J connectivity index is 2.21. The van der Waals surface area contributed by atoms with Crippen LogP contribution in [0.25, 0.3) is 0 Å². The maximum Gasteiger partial charge on any atom is 0.0602 e. The first-order valence-corrected chi connectivity index (χ1v) is 6.67. The molecule has 0 unspecified atom stereocenters. The number of ether oxygens (including phenoxy) is 1. The molecule has 0 aliphatic carbocycles. The summed E-state index contributed by atoms with van der Waals surface area (Å²) in [5.74, 6) is 1.53. The lowest BCUT2D eigenvalue weighted by atomic mass is 10.4. The molecule has 0 N–H and O–H groups in total. The van der Waals surface area contributed by atoms with Crippen molar-refractivity contribution in [3.63, 3.8) is 0 Å². The van der Waals surface area contributed by atoms with Crippen molar-refractivity contribution >= 4 is 39.3 Å². The molecule has 1 rings (SSSR count). The number of halogens is 2. The Bertz CT molecular complexity index is 270. The molecule has 0 bridgehead atoms. The van der Waals surface area contributed by atoms with Gasteiger partial charge in [0.15, 0.2) is 0 Å². The highest BCUT2D eigenvalue weighted by Crippen LogP contribution is 2.26. The van der Waals surface area contributed by atoms with Crippen molar-refractivity contribution in [3.05, 3.63) is 28.7 Å². The van der Waals surface area contributed by atoms with Gasteiger partial charge in [-0.05, 0) is 28.1 Å². The fraction of sp³-hybridized carbons (Fsp3) is 0.400. The normalized spacial score (nSPS) is 10.4. The molecule has 1 aromatic rings. The molecule has 0 aromatic heterocycles. The van der Waals surface area contributed by atoms with Crippen LogP contribution in [-0.2, 0) is 4.74 Å². The number of hydrogen-bond donors (Lipinski definition) is 0. The van der Waals surface area contributed by atoms with Gasteiger partial charge in [-0.25, -0.2) is 0 Å². The third kappa shape index (κ3) is 4.69. The van der Waals surface area contributed by atoms with Crippen molar-refractivity contribution in [3.8, 4) is 0 Å². The lowest BCUT2D eigenvalue weighted by molar-refractivity contribution is 0.166. The first kappa shape index (κ1) is 12.4. The summed E-state index contributed by atoms with van der Waals surface area (Å²) in [4.78, 5) is 1.25. The summed E-state index contributed by atoms with van der Waals surface area (Å²) in [7, 11) is 0. The largest absolute Gasteiger partial charge is 0.379 e. The highest BCUT2D eigenvalue weighted by molar-refractivity contribution is 9.10. The minimum atomic E-state index is 0.569. The van der Waals surface area contributed by atoms with Gasteiger partial charge in [-0.15, -0.1) is 23.4 Å². The SMILES string of the molecule is ClCCOCCSc1ccccc1Br. The second-order valence-electron chi connectivity index (χ2n) is 2.58. The fourth-order valence-corrected chi connectivity index (χ4v) is 2.47. The van der Waals surface area contributed by atoms with E-state index in [1.54, 1.807) is 11.8 Å². The molecule has 0 spiro atoms. The summed E-state index contributed by atoms with van der Waals surface area (Å²) < 4.78 is 6.42. The lowest BCUT2D eigenvalue weighted by Gasteiger charge is -2.04. The maximum absolute atomic E-state index is 5.48. The molecular weight excluding hydrogens is 284 g/mol. The van der Waals surface area contributed by atoms with Gasteiger partial charge in [0.1, 0.15) is 0 Å². The number of hydrogen-bond acceptors (Lipinski definition) is 2. The van der Waals surface area contributed by atoms with Crippen LogP contribution in [-0.4, -0.2) is 24.8 Å². The summed E-state index contributed by atoms with van der Waals surface area (Å²) in [6.45, 7) is 1.39. The predicted molar refractivity (Wildman–Crippen MR) is 66.4 cm³/mol. The maximum atomic E-state index is 5.48. The van der Waals surface area contributed by atoms with Gasteiger partial charge in [0, 0.05) is 21.0 Å². The van der Waals surface area contributed by atoms with Crippen molar-refractivity contribution in [2.75, 3.05) is 24.8 Å². The summed E-state index contributed by atoms with van der Waals surface area (Å²) >= 11 is 10.8. The Hall–Kier alpha value is 0.300. The highest BCUT2D eigenvalue weighted by Gasteiger charge is 1.98. The molecule has 14 heavy (non-hydrogen) atoms. The summed E-state index contributed by atoms with van der Waals surface area (Å²) in [6, 6.07) is 8.18. The first-order valence-electron chi connectivity index (χ1n) is 4.35. The van der Waals surface area contributed by atoms with Gasteiger partial charge < -0.3 is 4.74 Å². The van der Waals surface area contributed by atoms with Crippen LogP contribution in [0.3, 0.4) is 0 Å². The van der Waals surface area contributed by atoms with E-state index in [0.29, 0.717) is 12.5 Å². The Morgan fingerprint density at radius 1 is 1.29 bits per heavy atom. The van der Waals surface area contributed by atoms with Crippen molar-refractivity contribution in [2.24, 2.45) is 0 Å². The fourth-order valence-electron chi connectivity index (χ4n) is 0.929. The Morgan fingerprint density at radius 3 is 2.79 bits per heavy atom. The van der Waals surface area contributed by atoms with Crippen LogP contribution in [0.4, 0.5) is 0 Å². The minimum Gasteiger partial charge on any atom is -0.379 e. The van der Waals surface area contributed by atoms with E-state index in [9.17, 15) is 0 Å². The zero-order chi connectivity index (χ0) is 10.2. The molecule has 78 valence electrons. The average Bonchev–Trinajstić information content (AvgIpc) is 2.20. The molecule has 0 radical (unpaired) electrons. The highest BCUT2D eigenvalue weighted by atomic mass is 79.9. The van der Waals surface area contributed by atoms with Crippen LogP contribution < -0.4 is 0 Å². The number of rotatable bonds is 6. The second-order valence-corrected chi connectivity index (χ2v) is 4.95. The average molecular weight is 296 g/mol. The number of thioether (sulfide) groups is 1. The van der Waals surface area contributed by atoms with Crippen molar-refractivity contribution in [2.45, 2.75) is 4.90 Å². The third-order valence-corrected chi connectivity index (χ3v) is 3.69.